The molecule has 0 aromatic heterocycles. The van der Waals surface area contributed by atoms with E-state index in [0.29, 0.717) is 0 Å². The summed E-state index contributed by atoms with van der Waals surface area (Å²) in [6.45, 7) is 1.93. The number of aryl methyl sites for hydroxylation is 1. The van der Waals surface area contributed by atoms with Gasteiger partial charge in [-0.15, -0.1) is 0 Å². The van der Waals surface area contributed by atoms with E-state index in [9.17, 15) is 4.79 Å². The van der Waals surface area contributed by atoms with Crippen molar-refractivity contribution < 1.29 is 4.79 Å². The zero-order valence-corrected chi connectivity index (χ0v) is 8.40. The highest BCUT2D eigenvalue weighted by molar-refractivity contribution is 5.87. The molecule has 0 saturated heterocycles. The van der Waals surface area contributed by atoms with Crippen molar-refractivity contribution in [2.45, 2.75) is 13.3 Å². The third-order valence-corrected chi connectivity index (χ3v) is 2.04. The van der Waals surface area contributed by atoms with Gasteiger partial charge in [0.05, 0.1) is 12.1 Å². The normalized spacial score (nSPS) is 9.33. The van der Waals surface area contributed by atoms with Crippen molar-refractivity contribution in [3.63, 3.8) is 0 Å². The lowest BCUT2D eigenvalue weighted by molar-refractivity contribution is -0.119. The zero-order valence-electron chi connectivity index (χ0n) is 8.40. The highest BCUT2D eigenvalue weighted by Gasteiger charge is 2.16. The maximum Gasteiger partial charge on any atom is 0.191 e. The summed E-state index contributed by atoms with van der Waals surface area (Å²) in [6.07, 6.45) is 0.146. The second-order valence-corrected chi connectivity index (χ2v) is 3.32. The molecule has 3 nitrogen and oxygen atoms in total. The Morgan fingerprint density at radius 1 is 1.40 bits per heavy atom. The van der Waals surface area contributed by atoms with E-state index < -0.39 is 5.92 Å². The monoisotopic (exact) mass is 198 g/mol. The lowest BCUT2D eigenvalue weighted by atomic mass is 9.99. The molecule has 74 valence electrons. The van der Waals surface area contributed by atoms with Gasteiger partial charge in [0.15, 0.2) is 11.7 Å². The minimum absolute atomic E-state index is 0.146. The first-order valence-electron chi connectivity index (χ1n) is 4.55. The van der Waals surface area contributed by atoms with Gasteiger partial charge in [0, 0.05) is 6.42 Å². The molecule has 3 heteroatoms. The van der Waals surface area contributed by atoms with Crippen LogP contribution >= 0.6 is 0 Å². The molecule has 0 bridgehead atoms. The number of carbonyl (C=O) groups excluding carboxylic acids is 1. The van der Waals surface area contributed by atoms with Gasteiger partial charge < -0.3 is 0 Å². The standard InChI is InChI=1S/C12H10N2O/c1-9-3-2-4-10(5-9)6-12(15)11(7-13)8-14/h2-5,11H,6H2,1H3. The predicted molar refractivity (Wildman–Crippen MR) is 54.6 cm³/mol. The first-order valence-corrected chi connectivity index (χ1v) is 4.55. The molecule has 0 heterocycles. The smallest absolute Gasteiger partial charge is 0.191 e. The third-order valence-electron chi connectivity index (χ3n) is 2.04. The van der Waals surface area contributed by atoms with Crippen LogP contribution in [0.1, 0.15) is 11.1 Å². The molecule has 0 radical (unpaired) electrons. The van der Waals surface area contributed by atoms with E-state index >= 15 is 0 Å². The van der Waals surface area contributed by atoms with E-state index in [-0.39, 0.29) is 12.2 Å². The highest BCUT2D eigenvalue weighted by Crippen LogP contribution is 2.08. The van der Waals surface area contributed by atoms with E-state index in [2.05, 4.69) is 0 Å². The predicted octanol–water partition coefficient (Wildman–Crippen LogP) is 1.77. The highest BCUT2D eigenvalue weighted by atomic mass is 16.1. The van der Waals surface area contributed by atoms with Crippen LogP contribution in [0.5, 0.6) is 0 Å². The molecule has 15 heavy (non-hydrogen) atoms. The molecule has 0 aliphatic heterocycles. The average molecular weight is 198 g/mol. The Morgan fingerprint density at radius 3 is 2.60 bits per heavy atom. The van der Waals surface area contributed by atoms with E-state index in [0.717, 1.165) is 11.1 Å². The fraction of sp³-hybridized carbons (Fsp3) is 0.250. The van der Waals surface area contributed by atoms with Gasteiger partial charge in [0.25, 0.3) is 0 Å². The lowest BCUT2D eigenvalue weighted by Gasteiger charge is -2.01. The molecule has 1 rings (SSSR count). The molecule has 0 spiro atoms. The van der Waals surface area contributed by atoms with Gasteiger partial charge in [-0.05, 0) is 12.5 Å². The number of carbonyl (C=O) groups is 1. The van der Waals surface area contributed by atoms with Crippen LogP contribution in [0.15, 0.2) is 24.3 Å². The lowest BCUT2D eigenvalue weighted by Crippen LogP contribution is -2.13. The number of Topliss-reactive ketones (excluding diaryl/α,β-unsaturated/α-hetero) is 1. The number of benzene rings is 1. The van der Waals surface area contributed by atoms with Crippen LogP contribution in [0, 0.1) is 35.5 Å². The molecule has 0 aliphatic carbocycles. The Labute approximate surface area is 88.6 Å². The summed E-state index contributed by atoms with van der Waals surface area (Å²) in [4.78, 5) is 11.4. The van der Waals surface area contributed by atoms with Gasteiger partial charge in [0.1, 0.15) is 0 Å². The van der Waals surface area contributed by atoms with Gasteiger partial charge in [-0.3, -0.25) is 4.79 Å². The molecule has 0 amide bonds. The molecule has 1 aromatic rings. The van der Waals surface area contributed by atoms with Crippen molar-refractivity contribution in [1.29, 1.82) is 10.5 Å². The van der Waals surface area contributed by atoms with Gasteiger partial charge in [-0.2, -0.15) is 10.5 Å². The number of ketones is 1. The molecule has 0 unspecified atom stereocenters. The van der Waals surface area contributed by atoms with Crippen LogP contribution in [-0.4, -0.2) is 5.78 Å². The number of rotatable bonds is 3. The first-order chi connectivity index (χ1) is 7.17. The van der Waals surface area contributed by atoms with Crippen LogP contribution in [0.25, 0.3) is 0 Å². The van der Waals surface area contributed by atoms with Crippen LogP contribution in [0.2, 0.25) is 0 Å². The van der Waals surface area contributed by atoms with Gasteiger partial charge in [0.2, 0.25) is 0 Å². The Kier molecular flexibility index (Phi) is 3.60. The van der Waals surface area contributed by atoms with Crippen molar-refractivity contribution in [1.82, 2.24) is 0 Å². The van der Waals surface area contributed by atoms with Crippen molar-refractivity contribution in [2.24, 2.45) is 5.92 Å². The van der Waals surface area contributed by atoms with Crippen LogP contribution in [0.3, 0.4) is 0 Å². The molecular weight excluding hydrogens is 188 g/mol. The van der Waals surface area contributed by atoms with Crippen molar-refractivity contribution >= 4 is 5.78 Å². The summed E-state index contributed by atoms with van der Waals surface area (Å²) >= 11 is 0. The second kappa shape index (κ2) is 4.93. The SMILES string of the molecule is Cc1cccc(CC(=O)C(C#N)C#N)c1. The topological polar surface area (TPSA) is 64.7 Å². The zero-order chi connectivity index (χ0) is 11.3. The number of nitrogens with zero attached hydrogens (tertiary/aromatic N) is 2. The maximum atomic E-state index is 11.4. The van der Waals surface area contributed by atoms with Crippen LogP contribution in [0.4, 0.5) is 0 Å². The van der Waals surface area contributed by atoms with E-state index in [1.165, 1.54) is 0 Å². The molecule has 0 atom stereocenters. The van der Waals surface area contributed by atoms with Gasteiger partial charge >= 0.3 is 0 Å². The fourth-order valence-electron chi connectivity index (χ4n) is 1.30. The maximum absolute atomic E-state index is 11.4. The molecular formula is C12H10N2O. The summed E-state index contributed by atoms with van der Waals surface area (Å²) in [7, 11) is 0. The van der Waals surface area contributed by atoms with Crippen molar-refractivity contribution in [2.75, 3.05) is 0 Å². The third kappa shape index (κ3) is 2.93. The van der Waals surface area contributed by atoms with Gasteiger partial charge in [-0.25, -0.2) is 0 Å². The summed E-state index contributed by atoms with van der Waals surface area (Å²) in [5, 5.41) is 17.1. The molecule has 0 fully saturated rings. The second-order valence-electron chi connectivity index (χ2n) is 3.32. The van der Waals surface area contributed by atoms with Crippen LogP contribution in [-0.2, 0) is 11.2 Å². The summed E-state index contributed by atoms with van der Waals surface area (Å²) in [5.41, 5.74) is 1.90. The minimum Gasteiger partial charge on any atom is -0.297 e. The first kappa shape index (κ1) is 10.9. The van der Waals surface area contributed by atoms with E-state index in [1.54, 1.807) is 12.1 Å². The molecule has 0 aliphatic rings. The van der Waals surface area contributed by atoms with E-state index in [4.69, 9.17) is 10.5 Å². The number of hydrogen-bond donors (Lipinski definition) is 0. The molecule has 0 saturated carbocycles. The Morgan fingerprint density at radius 2 is 2.07 bits per heavy atom. The number of nitriles is 2. The van der Waals surface area contributed by atoms with Crippen LogP contribution < -0.4 is 0 Å². The fourth-order valence-corrected chi connectivity index (χ4v) is 1.30. The quantitative estimate of drug-likeness (QED) is 0.743. The largest absolute Gasteiger partial charge is 0.297 e. The minimum atomic E-state index is -1.15. The summed E-state index contributed by atoms with van der Waals surface area (Å²) < 4.78 is 0. The van der Waals surface area contributed by atoms with Crippen molar-refractivity contribution in [3.8, 4) is 12.1 Å². The summed E-state index contributed by atoms with van der Waals surface area (Å²) in [6, 6.07) is 10.8. The average Bonchev–Trinajstić information content (AvgIpc) is 2.19. The van der Waals surface area contributed by atoms with E-state index in [1.807, 2.05) is 31.2 Å². The van der Waals surface area contributed by atoms with Crippen molar-refractivity contribution in [3.05, 3.63) is 35.4 Å². The molecule has 1 aromatic carbocycles. The number of hydrogen-bond acceptors (Lipinski definition) is 3. The Hall–Kier alpha value is -2.13. The Balaban J connectivity index is 2.76. The Bertz CT molecular complexity index is 437. The van der Waals surface area contributed by atoms with Gasteiger partial charge in [-0.1, -0.05) is 29.8 Å². The summed E-state index contributed by atoms with van der Waals surface area (Å²) in [5.74, 6) is -1.49. The molecule has 0 N–H and O–H groups in total.